The number of ether oxygens (including phenoxy) is 1. The molecule has 1 aromatic rings. The standard InChI is InChI=1S/C15H24N4O2/c1-15(8-16-9-15)20-7-13-17-14(18-21-13)10-5-11-3-4-12(6-10)19(11)2/h10-12,16H,3-9H2,1-2H3. The van der Waals surface area contributed by atoms with E-state index in [0.717, 1.165) is 31.8 Å². The predicted octanol–water partition coefficient (Wildman–Crippen LogP) is 1.29. The second-order valence-electron chi connectivity index (χ2n) is 7.11. The first-order valence-electron chi connectivity index (χ1n) is 8.02. The summed E-state index contributed by atoms with van der Waals surface area (Å²) in [4.78, 5) is 7.11. The number of hydrogen-bond acceptors (Lipinski definition) is 6. The molecule has 4 heterocycles. The normalized spacial score (nSPS) is 34.9. The lowest BCUT2D eigenvalue weighted by Crippen LogP contribution is -2.58. The average molecular weight is 292 g/mol. The summed E-state index contributed by atoms with van der Waals surface area (Å²) in [6.45, 7) is 4.32. The molecule has 0 aromatic carbocycles. The molecule has 0 saturated carbocycles. The number of fused-ring (bicyclic) bond motifs is 2. The molecule has 0 amide bonds. The third kappa shape index (κ3) is 2.49. The molecule has 116 valence electrons. The van der Waals surface area contributed by atoms with Gasteiger partial charge < -0.3 is 19.5 Å². The minimum absolute atomic E-state index is 0.0682. The van der Waals surface area contributed by atoms with Crippen molar-refractivity contribution in [1.82, 2.24) is 20.4 Å². The first-order valence-corrected chi connectivity index (χ1v) is 8.02. The molecular weight excluding hydrogens is 268 g/mol. The Labute approximate surface area is 125 Å². The number of piperidine rings is 1. The molecule has 4 rings (SSSR count). The van der Waals surface area contributed by atoms with E-state index in [4.69, 9.17) is 9.26 Å². The fraction of sp³-hybridized carbons (Fsp3) is 0.867. The van der Waals surface area contributed by atoms with Crippen LogP contribution in [0.15, 0.2) is 4.52 Å². The molecule has 3 aliphatic heterocycles. The van der Waals surface area contributed by atoms with Crippen LogP contribution >= 0.6 is 0 Å². The minimum Gasteiger partial charge on any atom is -0.363 e. The molecule has 1 N–H and O–H groups in total. The number of rotatable bonds is 4. The Morgan fingerprint density at radius 2 is 2.05 bits per heavy atom. The largest absolute Gasteiger partial charge is 0.363 e. The summed E-state index contributed by atoms with van der Waals surface area (Å²) in [5.74, 6) is 1.96. The highest BCUT2D eigenvalue weighted by molar-refractivity contribution is 5.05. The zero-order chi connectivity index (χ0) is 14.4. The highest BCUT2D eigenvalue weighted by atomic mass is 16.5. The monoisotopic (exact) mass is 292 g/mol. The Morgan fingerprint density at radius 1 is 1.33 bits per heavy atom. The third-order valence-electron chi connectivity index (χ3n) is 5.49. The predicted molar refractivity (Wildman–Crippen MR) is 76.9 cm³/mol. The molecule has 21 heavy (non-hydrogen) atoms. The molecule has 6 nitrogen and oxygen atoms in total. The molecule has 0 aliphatic carbocycles. The van der Waals surface area contributed by atoms with E-state index in [1.165, 1.54) is 12.8 Å². The lowest BCUT2D eigenvalue weighted by molar-refractivity contribution is -0.0841. The second-order valence-corrected chi connectivity index (χ2v) is 7.11. The van der Waals surface area contributed by atoms with E-state index in [2.05, 4.69) is 34.3 Å². The van der Waals surface area contributed by atoms with Crippen molar-refractivity contribution in [3.8, 4) is 0 Å². The Kier molecular flexibility index (Phi) is 3.28. The molecule has 0 radical (unpaired) electrons. The van der Waals surface area contributed by atoms with Crippen LogP contribution in [0.5, 0.6) is 0 Å². The van der Waals surface area contributed by atoms with Gasteiger partial charge in [-0.05, 0) is 39.7 Å². The molecule has 3 aliphatic rings. The number of nitrogens with one attached hydrogen (secondary N) is 1. The number of hydrogen-bond donors (Lipinski definition) is 1. The van der Waals surface area contributed by atoms with Gasteiger partial charge in [0.2, 0.25) is 0 Å². The minimum atomic E-state index is -0.0682. The van der Waals surface area contributed by atoms with Gasteiger partial charge in [0, 0.05) is 31.1 Å². The molecule has 3 saturated heterocycles. The van der Waals surface area contributed by atoms with Crippen molar-refractivity contribution in [2.45, 2.75) is 62.8 Å². The second kappa shape index (κ2) is 5.04. The molecule has 2 unspecified atom stereocenters. The van der Waals surface area contributed by atoms with Crippen molar-refractivity contribution < 1.29 is 9.26 Å². The summed E-state index contributed by atoms with van der Waals surface area (Å²) in [6.07, 6.45) is 4.95. The fourth-order valence-corrected chi connectivity index (χ4v) is 3.93. The highest BCUT2D eigenvalue weighted by Crippen LogP contribution is 2.41. The Hall–Kier alpha value is -0.980. The number of nitrogens with zero attached hydrogens (tertiary/aromatic N) is 3. The Balaban J connectivity index is 1.38. The summed E-state index contributed by atoms with van der Waals surface area (Å²) in [5.41, 5.74) is -0.0682. The summed E-state index contributed by atoms with van der Waals surface area (Å²) >= 11 is 0. The molecule has 6 heteroatoms. The Bertz CT molecular complexity index is 500. The highest BCUT2D eigenvalue weighted by Gasteiger charge is 2.40. The zero-order valence-electron chi connectivity index (χ0n) is 12.8. The third-order valence-corrected chi connectivity index (χ3v) is 5.49. The topological polar surface area (TPSA) is 63.4 Å². The molecule has 0 spiro atoms. The zero-order valence-corrected chi connectivity index (χ0v) is 12.8. The van der Waals surface area contributed by atoms with Crippen molar-refractivity contribution in [1.29, 1.82) is 0 Å². The SMILES string of the molecule is CN1C2CCC1CC(c1noc(COC3(C)CNC3)n1)C2. The maximum Gasteiger partial charge on any atom is 0.252 e. The van der Waals surface area contributed by atoms with E-state index in [1.54, 1.807) is 0 Å². The van der Waals surface area contributed by atoms with Gasteiger partial charge in [0.1, 0.15) is 6.61 Å². The lowest BCUT2D eigenvalue weighted by atomic mass is 9.90. The van der Waals surface area contributed by atoms with E-state index in [9.17, 15) is 0 Å². The first kappa shape index (κ1) is 13.7. The smallest absolute Gasteiger partial charge is 0.252 e. The molecule has 1 aromatic heterocycles. The molecule has 3 fully saturated rings. The van der Waals surface area contributed by atoms with Gasteiger partial charge in [0.05, 0.1) is 5.60 Å². The van der Waals surface area contributed by atoms with Gasteiger partial charge in [0.15, 0.2) is 5.82 Å². The molecule has 2 bridgehead atoms. The van der Waals surface area contributed by atoms with Crippen molar-refractivity contribution in [2.75, 3.05) is 20.1 Å². The summed E-state index contributed by atoms with van der Waals surface area (Å²) in [5, 5.41) is 7.43. The van der Waals surface area contributed by atoms with Crippen LogP contribution in [-0.4, -0.2) is 52.9 Å². The first-order chi connectivity index (χ1) is 10.1. The maximum atomic E-state index is 5.86. The van der Waals surface area contributed by atoms with Crippen LogP contribution in [0.25, 0.3) is 0 Å². The van der Waals surface area contributed by atoms with Crippen molar-refractivity contribution >= 4 is 0 Å². The van der Waals surface area contributed by atoms with Gasteiger partial charge in [-0.3, -0.25) is 0 Å². The summed E-state index contributed by atoms with van der Waals surface area (Å²) in [6, 6.07) is 1.40. The van der Waals surface area contributed by atoms with Crippen LogP contribution in [0.4, 0.5) is 0 Å². The van der Waals surface area contributed by atoms with Gasteiger partial charge in [-0.15, -0.1) is 0 Å². The Morgan fingerprint density at radius 3 is 2.67 bits per heavy atom. The molecule has 2 atom stereocenters. The van der Waals surface area contributed by atoms with Crippen molar-refractivity contribution in [2.24, 2.45) is 0 Å². The summed E-state index contributed by atoms with van der Waals surface area (Å²) < 4.78 is 11.2. The number of aromatic nitrogens is 2. The van der Waals surface area contributed by atoms with E-state index in [1.807, 2.05) is 0 Å². The molecular formula is C15H24N4O2. The van der Waals surface area contributed by atoms with E-state index in [0.29, 0.717) is 30.5 Å². The lowest BCUT2D eigenvalue weighted by Gasteiger charge is -2.38. The van der Waals surface area contributed by atoms with Crippen LogP contribution in [0.3, 0.4) is 0 Å². The van der Waals surface area contributed by atoms with E-state index < -0.39 is 0 Å². The quantitative estimate of drug-likeness (QED) is 0.902. The van der Waals surface area contributed by atoms with Crippen LogP contribution in [0.1, 0.15) is 50.2 Å². The van der Waals surface area contributed by atoms with Crippen LogP contribution in [0.2, 0.25) is 0 Å². The van der Waals surface area contributed by atoms with Crippen molar-refractivity contribution in [3.05, 3.63) is 11.7 Å². The van der Waals surface area contributed by atoms with E-state index in [-0.39, 0.29) is 5.60 Å². The van der Waals surface area contributed by atoms with Gasteiger partial charge in [-0.1, -0.05) is 5.16 Å². The van der Waals surface area contributed by atoms with E-state index >= 15 is 0 Å². The van der Waals surface area contributed by atoms with Crippen LogP contribution < -0.4 is 5.32 Å². The van der Waals surface area contributed by atoms with Crippen LogP contribution in [0, 0.1) is 0 Å². The van der Waals surface area contributed by atoms with Crippen LogP contribution in [-0.2, 0) is 11.3 Å². The van der Waals surface area contributed by atoms with Crippen molar-refractivity contribution in [3.63, 3.8) is 0 Å². The summed E-state index contributed by atoms with van der Waals surface area (Å²) in [7, 11) is 2.25. The van der Waals surface area contributed by atoms with Gasteiger partial charge >= 0.3 is 0 Å². The van der Waals surface area contributed by atoms with Gasteiger partial charge in [-0.2, -0.15) is 4.98 Å². The fourth-order valence-electron chi connectivity index (χ4n) is 3.93. The average Bonchev–Trinajstić information content (AvgIpc) is 2.97. The maximum absolute atomic E-state index is 5.86. The van der Waals surface area contributed by atoms with Gasteiger partial charge in [-0.25, -0.2) is 0 Å². The van der Waals surface area contributed by atoms with Gasteiger partial charge in [0.25, 0.3) is 5.89 Å².